The first-order valence-corrected chi connectivity index (χ1v) is 8.51. The Morgan fingerprint density at radius 3 is 2.48 bits per heavy atom. The van der Waals surface area contributed by atoms with Crippen LogP contribution in [0.2, 0.25) is 0 Å². The zero-order chi connectivity index (χ0) is 19.8. The van der Waals surface area contributed by atoms with Crippen LogP contribution in [0, 0.1) is 12.7 Å². The lowest BCUT2D eigenvalue weighted by atomic mass is 10.2. The van der Waals surface area contributed by atoms with Crippen molar-refractivity contribution >= 4 is 17.5 Å². The molecular weight excluding hydrogens is 349 g/mol. The number of methoxy groups -OCH3 is 1. The predicted octanol–water partition coefficient (Wildman–Crippen LogP) is 2.33. The standard InChI is InChI=1S/C20H24FN3O3/c1-14-4-9-18(27-3)17(10-14)23-19(25)11-22-20(26)13-24(2)12-15-5-7-16(21)8-6-15/h4-10H,11-13H2,1-3H3,(H,22,26)(H,23,25). The van der Waals surface area contributed by atoms with E-state index in [9.17, 15) is 14.0 Å². The number of amides is 2. The van der Waals surface area contributed by atoms with Gasteiger partial charge in [0.25, 0.3) is 0 Å². The first-order valence-electron chi connectivity index (χ1n) is 8.51. The third-order valence-corrected chi connectivity index (χ3v) is 3.85. The summed E-state index contributed by atoms with van der Waals surface area (Å²) in [7, 11) is 3.31. The molecular formula is C20H24FN3O3. The van der Waals surface area contributed by atoms with Crippen LogP contribution in [-0.2, 0) is 16.1 Å². The number of nitrogens with one attached hydrogen (secondary N) is 2. The molecule has 0 aliphatic heterocycles. The van der Waals surface area contributed by atoms with Gasteiger partial charge in [-0.25, -0.2) is 4.39 Å². The molecule has 0 aliphatic carbocycles. The molecule has 2 N–H and O–H groups in total. The molecule has 0 heterocycles. The average molecular weight is 373 g/mol. The fourth-order valence-electron chi connectivity index (χ4n) is 2.55. The van der Waals surface area contributed by atoms with Gasteiger partial charge in [-0.1, -0.05) is 18.2 Å². The molecule has 0 bridgehead atoms. The summed E-state index contributed by atoms with van der Waals surface area (Å²) in [5.41, 5.74) is 2.44. The number of hydrogen-bond donors (Lipinski definition) is 2. The zero-order valence-electron chi connectivity index (χ0n) is 15.7. The van der Waals surface area contributed by atoms with E-state index in [1.165, 1.54) is 19.2 Å². The Kier molecular flexibility index (Phi) is 7.31. The molecule has 0 aromatic heterocycles. The normalized spacial score (nSPS) is 10.6. The maximum Gasteiger partial charge on any atom is 0.243 e. The van der Waals surface area contributed by atoms with Crippen molar-refractivity contribution in [3.05, 3.63) is 59.4 Å². The van der Waals surface area contributed by atoms with Crippen LogP contribution in [0.15, 0.2) is 42.5 Å². The summed E-state index contributed by atoms with van der Waals surface area (Å²) in [4.78, 5) is 25.9. The van der Waals surface area contributed by atoms with Crippen molar-refractivity contribution in [2.75, 3.05) is 32.6 Å². The minimum atomic E-state index is -0.339. The number of rotatable bonds is 8. The number of nitrogens with zero attached hydrogens (tertiary/aromatic N) is 1. The number of halogens is 1. The molecule has 7 heteroatoms. The number of anilines is 1. The molecule has 144 valence electrons. The molecule has 0 fully saturated rings. The van der Waals surface area contributed by atoms with Crippen molar-refractivity contribution in [1.82, 2.24) is 10.2 Å². The van der Waals surface area contributed by atoms with Gasteiger partial charge in [0.05, 0.1) is 25.9 Å². The van der Waals surface area contributed by atoms with Gasteiger partial charge in [-0.15, -0.1) is 0 Å². The number of carbonyl (C=O) groups is 2. The Morgan fingerprint density at radius 1 is 1.11 bits per heavy atom. The number of likely N-dealkylation sites (N-methyl/N-ethyl adjacent to an activating group) is 1. The average Bonchev–Trinajstić information content (AvgIpc) is 2.62. The van der Waals surface area contributed by atoms with Crippen molar-refractivity contribution in [2.24, 2.45) is 0 Å². The summed E-state index contributed by atoms with van der Waals surface area (Å²) in [5, 5.41) is 5.32. The van der Waals surface area contributed by atoms with E-state index >= 15 is 0 Å². The molecule has 0 atom stereocenters. The van der Waals surface area contributed by atoms with E-state index in [4.69, 9.17) is 4.74 Å². The summed E-state index contributed by atoms with van der Waals surface area (Å²) >= 11 is 0. The SMILES string of the molecule is COc1ccc(C)cc1NC(=O)CNC(=O)CN(C)Cc1ccc(F)cc1. The Morgan fingerprint density at radius 2 is 1.81 bits per heavy atom. The highest BCUT2D eigenvalue weighted by atomic mass is 19.1. The summed E-state index contributed by atoms with van der Waals surface area (Å²) in [5.74, 6) is -0.353. The van der Waals surface area contributed by atoms with E-state index in [1.54, 1.807) is 36.2 Å². The van der Waals surface area contributed by atoms with E-state index in [0.717, 1.165) is 11.1 Å². The Bertz CT molecular complexity index is 794. The summed E-state index contributed by atoms with van der Waals surface area (Å²) < 4.78 is 18.1. The van der Waals surface area contributed by atoms with Gasteiger partial charge in [-0.2, -0.15) is 0 Å². The highest BCUT2D eigenvalue weighted by molar-refractivity contribution is 5.96. The molecule has 0 saturated heterocycles. The lowest BCUT2D eigenvalue weighted by Gasteiger charge is -2.16. The van der Waals surface area contributed by atoms with Crippen molar-refractivity contribution < 1.29 is 18.7 Å². The van der Waals surface area contributed by atoms with Gasteiger partial charge in [0.15, 0.2) is 0 Å². The quantitative estimate of drug-likeness (QED) is 0.745. The van der Waals surface area contributed by atoms with Crippen LogP contribution in [0.5, 0.6) is 5.75 Å². The van der Waals surface area contributed by atoms with Crippen molar-refractivity contribution in [1.29, 1.82) is 0 Å². The Balaban J connectivity index is 1.78. The van der Waals surface area contributed by atoms with Crippen molar-refractivity contribution in [2.45, 2.75) is 13.5 Å². The van der Waals surface area contributed by atoms with Crippen LogP contribution in [0.1, 0.15) is 11.1 Å². The van der Waals surface area contributed by atoms with E-state index in [-0.39, 0.29) is 30.7 Å². The largest absolute Gasteiger partial charge is 0.495 e. The molecule has 0 radical (unpaired) electrons. The first kappa shape index (κ1) is 20.4. The molecule has 27 heavy (non-hydrogen) atoms. The minimum absolute atomic E-state index is 0.123. The zero-order valence-corrected chi connectivity index (χ0v) is 15.7. The Hall–Kier alpha value is -2.93. The second-order valence-electron chi connectivity index (χ2n) is 6.33. The van der Waals surface area contributed by atoms with Gasteiger partial charge >= 0.3 is 0 Å². The van der Waals surface area contributed by atoms with Crippen molar-refractivity contribution in [3.63, 3.8) is 0 Å². The van der Waals surface area contributed by atoms with Gasteiger partial charge in [0.2, 0.25) is 11.8 Å². The second kappa shape index (κ2) is 9.68. The molecule has 0 aliphatic rings. The highest BCUT2D eigenvalue weighted by Gasteiger charge is 2.11. The van der Waals surface area contributed by atoms with Gasteiger partial charge < -0.3 is 15.4 Å². The lowest BCUT2D eigenvalue weighted by Crippen LogP contribution is -2.39. The van der Waals surface area contributed by atoms with Crippen LogP contribution < -0.4 is 15.4 Å². The molecule has 0 saturated carbocycles. The summed E-state index contributed by atoms with van der Waals surface area (Å²) in [6.45, 7) is 2.40. The lowest BCUT2D eigenvalue weighted by molar-refractivity contribution is -0.124. The van der Waals surface area contributed by atoms with E-state index in [1.807, 2.05) is 13.0 Å². The van der Waals surface area contributed by atoms with Crippen molar-refractivity contribution in [3.8, 4) is 5.75 Å². The number of ether oxygens (including phenoxy) is 1. The third kappa shape index (κ3) is 6.71. The van der Waals surface area contributed by atoms with Crippen LogP contribution in [0.4, 0.5) is 10.1 Å². The molecule has 6 nitrogen and oxygen atoms in total. The number of benzene rings is 2. The number of hydrogen-bond acceptors (Lipinski definition) is 4. The summed E-state index contributed by atoms with van der Waals surface area (Å²) in [6, 6.07) is 11.6. The van der Waals surface area contributed by atoms with Crippen LogP contribution in [0.3, 0.4) is 0 Å². The number of carbonyl (C=O) groups excluding carboxylic acids is 2. The van der Waals surface area contributed by atoms with E-state index in [2.05, 4.69) is 10.6 Å². The highest BCUT2D eigenvalue weighted by Crippen LogP contribution is 2.24. The monoisotopic (exact) mass is 373 g/mol. The minimum Gasteiger partial charge on any atom is -0.495 e. The summed E-state index contributed by atoms with van der Waals surface area (Å²) in [6.07, 6.45) is 0. The molecule has 2 rings (SSSR count). The van der Waals surface area contributed by atoms with E-state index < -0.39 is 0 Å². The first-order chi connectivity index (χ1) is 12.9. The second-order valence-corrected chi connectivity index (χ2v) is 6.33. The smallest absolute Gasteiger partial charge is 0.243 e. The van der Waals surface area contributed by atoms with Crippen LogP contribution >= 0.6 is 0 Å². The van der Waals surface area contributed by atoms with Gasteiger partial charge in [0.1, 0.15) is 11.6 Å². The molecule has 0 unspecified atom stereocenters. The van der Waals surface area contributed by atoms with Crippen LogP contribution in [-0.4, -0.2) is 44.0 Å². The molecule has 0 spiro atoms. The Labute approximate surface area is 158 Å². The number of aryl methyl sites for hydroxylation is 1. The third-order valence-electron chi connectivity index (χ3n) is 3.85. The molecule has 2 amide bonds. The van der Waals surface area contributed by atoms with E-state index in [0.29, 0.717) is 18.0 Å². The fourth-order valence-corrected chi connectivity index (χ4v) is 2.55. The predicted molar refractivity (Wildman–Crippen MR) is 102 cm³/mol. The van der Waals surface area contributed by atoms with Gasteiger partial charge in [0, 0.05) is 6.54 Å². The van der Waals surface area contributed by atoms with Gasteiger partial charge in [-0.05, 0) is 49.4 Å². The van der Waals surface area contributed by atoms with Gasteiger partial charge in [-0.3, -0.25) is 14.5 Å². The maximum atomic E-state index is 12.9. The maximum absolute atomic E-state index is 12.9. The topological polar surface area (TPSA) is 70.7 Å². The molecule has 2 aromatic rings. The molecule has 2 aromatic carbocycles. The fraction of sp³-hybridized carbons (Fsp3) is 0.300. The van der Waals surface area contributed by atoms with Crippen LogP contribution in [0.25, 0.3) is 0 Å².